The quantitative estimate of drug-likeness (QED) is 0.677. The number of hydrogen-bond donors (Lipinski definition) is 2. The molecule has 0 aromatic carbocycles. The summed E-state index contributed by atoms with van der Waals surface area (Å²) in [5.74, 6) is -0.930. The molecule has 0 aliphatic heterocycles. The summed E-state index contributed by atoms with van der Waals surface area (Å²) in [6, 6.07) is 0.296. The number of carboxylic acids is 1. The van der Waals surface area contributed by atoms with Gasteiger partial charge in [0.05, 0.1) is 6.10 Å². The molecule has 15 heavy (non-hydrogen) atoms. The molecule has 1 saturated carbocycles. The fraction of sp³-hybridized carbons (Fsp3) is 0.727. The van der Waals surface area contributed by atoms with E-state index >= 15 is 0 Å². The Morgan fingerprint density at radius 1 is 1.67 bits per heavy atom. The summed E-state index contributed by atoms with van der Waals surface area (Å²) in [5.41, 5.74) is 0.0683. The minimum absolute atomic E-state index is 0.0683. The van der Waals surface area contributed by atoms with Crippen LogP contribution in [0.4, 0.5) is 0 Å². The molecule has 4 nitrogen and oxygen atoms in total. The summed E-state index contributed by atoms with van der Waals surface area (Å²) in [6.07, 6.45) is 3.82. The highest BCUT2D eigenvalue weighted by Crippen LogP contribution is 2.42. The lowest BCUT2D eigenvalue weighted by atomic mass is 9.64. The SMILES string of the molecule is CCOC1CC(N/C=C/C(=O)O)C1(C)C. The fourth-order valence-corrected chi connectivity index (χ4v) is 1.89. The van der Waals surface area contributed by atoms with Crippen molar-refractivity contribution in [3.63, 3.8) is 0 Å². The molecular weight excluding hydrogens is 194 g/mol. The van der Waals surface area contributed by atoms with Gasteiger partial charge in [0.15, 0.2) is 0 Å². The Hall–Kier alpha value is -1.03. The Labute approximate surface area is 90.3 Å². The molecule has 1 fully saturated rings. The summed E-state index contributed by atoms with van der Waals surface area (Å²) in [7, 11) is 0. The smallest absolute Gasteiger partial charge is 0.329 e. The number of ether oxygens (including phenoxy) is 1. The van der Waals surface area contributed by atoms with Crippen LogP contribution in [0.2, 0.25) is 0 Å². The van der Waals surface area contributed by atoms with Gasteiger partial charge in [-0.3, -0.25) is 0 Å². The first-order valence-electron chi connectivity index (χ1n) is 5.25. The maximum Gasteiger partial charge on any atom is 0.329 e. The number of hydrogen-bond acceptors (Lipinski definition) is 3. The third kappa shape index (κ3) is 2.72. The van der Waals surface area contributed by atoms with E-state index in [4.69, 9.17) is 9.84 Å². The Morgan fingerprint density at radius 2 is 2.33 bits per heavy atom. The van der Waals surface area contributed by atoms with Gasteiger partial charge in [0.1, 0.15) is 0 Å². The minimum Gasteiger partial charge on any atom is -0.478 e. The zero-order valence-corrected chi connectivity index (χ0v) is 9.49. The van der Waals surface area contributed by atoms with Gasteiger partial charge in [-0.1, -0.05) is 13.8 Å². The number of carbonyl (C=O) groups is 1. The normalized spacial score (nSPS) is 28.7. The highest BCUT2D eigenvalue weighted by Gasteiger charge is 2.48. The second-order valence-corrected chi connectivity index (χ2v) is 4.39. The average Bonchev–Trinajstić information content (AvgIpc) is 2.15. The molecule has 1 rings (SSSR count). The summed E-state index contributed by atoms with van der Waals surface area (Å²) in [6.45, 7) is 6.97. The van der Waals surface area contributed by atoms with Gasteiger partial charge >= 0.3 is 5.97 Å². The van der Waals surface area contributed by atoms with Crippen LogP contribution in [0.1, 0.15) is 27.2 Å². The van der Waals surface area contributed by atoms with Crippen molar-refractivity contribution < 1.29 is 14.6 Å². The van der Waals surface area contributed by atoms with Crippen molar-refractivity contribution in [3.8, 4) is 0 Å². The Morgan fingerprint density at radius 3 is 2.80 bits per heavy atom. The zero-order valence-electron chi connectivity index (χ0n) is 9.49. The lowest BCUT2D eigenvalue weighted by Crippen LogP contribution is -2.59. The average molecular weight is 213 g/mol. The van der Waals surface area contributed by atoms with E-state index in [1.165, 1.54) is 6.20 Å². The molecule has 2 unspecified atom stereocenters. The predicted molar refractivity (Wildman–Crippen MR) is 57.5 cm³/mol. The summed E-state index contributed by atoms with van der Waals surface area (Å²) in [4.78, 5) is 10.3. The van der Waals surface area contributed by atoms with Crippen molar-refractivity contribution >= 4 is 5.97 Å². The first-order chi connectivity index (χ1) is 6.98. The van der Waals surface area contributed by atoms with Crippen LogP contribution in [-0.4, -0.2) is 29.8 Å². The molecule has 1 aliphatic rings. The first-order valence-corrected chi connectivity index (χ1v) is 5.25. The third-order valence-corrected chi connectivity index (χ3v) is 3.07. The molecule has 1 aliphatic carbocycles. The zero-order chi connectivity index (χ0) is 11.5. The molecule has 0 spiro atoms. The summed E-state index contributed by atoms with van der Waals surface area (Å²) >= 11 is 0. The van der Waals surface area contributed by atoms with E-state index in [0.717, 1.165) is 19.1 Å². The Balaban J connectivity index is 2.38. The molecule has 0 aromatic rings. The largest absolute Gasteiger partial charge is 0.478 e. The second kappa shape index (κ2) is 4.66. The molecule has 2 N–H and O–H groups in total. The van der Waals surface area contributed by atoms with E-state index < -0.39 is 5.97 Å². The topological polar surface area (TPSA) is 58.6 Å². The van der Waals surface area contributed by atoms with E-state index in [2.05, 4.69) is 19.2 Å². The van der Waals surface area contributed by atoms with Crippen molar-refractivity contribution in [3.05, 3.63) is 12.3 Å². The van der Waals surface area contributed by atoms with Crippen molar-refractivity contribution in [1.29, 1.82) is 0 Å². The highest BCUT2D eigenvalue weighted by molar-refractivity contribution is 5.79. The van der Waals surface area contributed by atoms with Crippen LogP contribution in [0.15, 0.2) is 12.3 Å². The molecule has 0 radical (unpaired) electrons. The van der Waals surface area contributed by atoms with Gasteiger partial charge < -0.3 is 15.2 Å². The van der Waals surface area contributed by atoms with Crippen molar-refractivity contribution in [2.75, 3.05) is 6.61 Å². The maximum atomic E-state index is 10.3. The monoisotopic (exact) mass is 213 g/mol. The molecule has 2 atom stereocenters. The molecular formula is C11H19NO3. The van der Waals surface area contributed by atoms with Gasteiger partial charge in [0.25, 0.3) is 0 Å². The predicted octanol–water partition coefficient (Wildman–Crippen LogP) is 1.38. The van der Waals surface area contributed by atoms with Crippen molar-refractivity contribution in [2.24, 2.45) is 5.41 Å². The third-order valence-electron chi connectivity index (χ3n) is 3.07. The van der Waals surface area contributed by atoms with Crippen LogP contribution in [0.25, 0.3) is 0 Å². The minimum atomic E-state index is -0.930. The van der Waals surface area contributed by atoms with Crippen LogP contribution in [0, 0.1) is 5.41 Å². The van der Waals surface area contributed by atoms with E-state index in [9.17, 15) is 4.79 Å². The number of aliphatic carboxylic acids is 1. The molecule has 0 amide bonds. The lowest BCUT2D eigenvalue weighted by Gasteiger charge is -2.51. The van der Waals surface area contributed by atoms with Crippen LogP contribution in [-0.2, 0) is 9.53 Å². The van der Waals surface area contributed by atoms with Gasteiger partial charge in [0.2, 0.25) is 0 Å². The number of rotatable bonds is 5. The van der Waals surface area contributed by atoms with Crippen molar-refractivity contribution in [1.82, 2.24) is 5.32 Å². The van der Waals surface area contributed by atoms with E-state index in [0.29, 0.717) is 6.04 Å². The maximum absolute atomic E-state index is 10.3. The summed E-state index contributed by atoms with van der Waals surface area (Å²) < 4.78 is 5.57. The van der Waals surface area contributed by atoms with Gasteiger partial charge in [-0.15, -0.1) is 0 Å². The molecule has 0 aromatic heterocycles. The fourth-order valence-electron chi connectivity index (χ4n) is 1.89. The molecule has 0 saturated heterocycles. The first kappa shape index (κ1) is 12.0. The van der Waals surface area contributed by atoms with Crippen LogP contribution >= 0.6 is 0 Å². The van der Waals surface area contributed by atoms with Gasteiger partial charge in [-0.2, -0.15) is 0 Å². The molecule has 86 valence electrons. The summed E-state index contributed by atoms with van der Waals surface area (Å²) in [5, 5.41) is 11.5. The number of nitrogens with one attached hydrogen (secondary N) is 1. The highest BCUT2D eigenvalue weighted by atomic mass is 16.5. The van der Waals surface area contributed by atoms with Gasteiger partial charge in [-0.05, 0) is 13.3 Å². The van der Waals surface area contributed by atoms with Crippen molar-refractivity contribution in [2.45, 2.75) is 39.3 Å². The van der Waals surface area contributed by atoms with Gasteiger partial charge in [0, 0.05) is 30.3 Å². The number of carboxylic acid groups (broad SMARTS) is 1. The lowest BCUT2D eigenvalue weighted by molar-refractivity contribution is -0.131. The molecule has 0 bridgehead atoms. The van der Waals surface area contributed by atoms with E-state index in [-0.39, 0.29) is 11.5 Å². The second-order valence-electron chi connectivity index (χ2n) is 4.39. The van der Waals surface area contributed by atoms with E-state index in [1.807, 2.05) is 6.92 Å². The Kier molecular flexibility index (Phi) is 3.74. The van der Waals surface area contributed by atoms with E-state index in [1.54, 1.807) is 0 Å². The Bertz CT molecular complexity index is 261. The van der Waals surface area contributed by atoms with Gasteiger partial charge in [-0.25, -0.2) is 4.79 Å². The molecule has 0 heterocycles. The molecule has 4 heteroatoms. The van der Waals surface area contributed by atoms with Crippen LogP contribution < -0.4 is 5.32 Å². The standard InChI is InChI=1S/C11H19NO3/c1-4-15-9-7-8(11(9,2)3)12-6-5-10(13)14/h5-6,8-9,12H,4,7H2,1-3H3,(H,13,14)/b6-5+. The van der Waals surface area contributed by atoms with Crippen LogP contribution in [0.5, 0.6) is 0 Å². The van der Waals surface area contributed by atoms with Crippen LogP contribution in [0.3, 0.4) is 0 Å².